The Morgan fingerprint density at radius 2 is 0.973 bits per heavy atom. The van der Waals surface area contributed by atoms with E-state index in [0.717, 1.165) is 103 Å². The average molecular weight is 1610 g/mol. The quantitative estimate of drug-likeness (QED) is 0.0275. The summed E-state index contributed by atoms with van der Waals surface area (Å²) in [6.07, 6.45) is 29.8. The van der Waals surface area contributed by atoms with Gasteiger partial charge >= 0.3 is 29.6 Å². The van der Waals surface area contributed by atoms with Crippen LogP contribution >= 0.6 is 27.5 Å². The van der Waals surface area contributed by atoms with E-state index in [4.69, 9.17) is 64.8 Å². The number of nitrogens with zero attached hydrogens (tertiary/aromatic N) is 9. The Hall–Kier alpha value is -9.65. The third kappa shape index (κ3) is 26.8. The standard InChI is InChI=1S/C25H23F2N3O.C19H20FN3O.C12H19N3O.C7H6BrF.C7H4ClFO.C6H9N3O.C6H10O.CN.B.Na/c26-18-12-10-17(11-13-18)15-29-16-23-22(14-24(29)31)28-25(20-8-4-5-9-21(20)27)30(23)19-6-2-1-3-7-19;1-24-18-11-16-17(12-21-18)23(13-7-3-2-4-8-13)19(22-16)14-9-5-6-10-15(14)20;1-16-12-7-10(13)11(8-14-12)15-9-5-3-2-4-6-9;8-5-6-1-3-7(9)4-2-6;8-7(10)5-3-1-2-4-6(5)9;1-10-6-2-4(7)5(8)3-9-6;7-6-4-2-1-3-5-6;1-2;;/h4-5,8-14,16,19H,1-3,6-7,15H2;5-6,9-13H,2-4,7-8H2,1H3;7-9,15H,2-6H2,1H3,(H2,13,14);1-4H,5H2;1-4H;2-3H,8H2,1H3,(H2,7,9);1-5H2;;;/q;;;;;;;-1;;+1. The van der Waals surface area contributed by atoms with E-state index in [2.05, 4.69) is 45.3 Å². The first-order valence-corrected chi connectivity index (χ1v) is 37.7. The van der Waals surface area contributed by atoms with Gasteiger partial charge in [-0.1, -0.05) is 141 Å². The number of anilines is 4. The van der Waals surface area contributed by atoms with Crippen molar-refractivity contribution in [2.45, 2.75) is 158 Å². The zero-order valence-corrected chi connectivity index (χ0v) is 67.2. The Balaban J connectivity index is 0.000000214. The summed E-state index contributed by atoms with van der Waals surface area (Å²) >= 11 is 8.29. The second kappa shape index (κ2) is 46.9. The molecule has 5 aromatic carbocycles. The number of alkyl halides is 1. The number of fused-ring (bicyclic) bond motifs is 2. The van der Waals surface area contributed by atoms with E-state index >= 15 is 0 Å². The molecule has 0 saturated heterocycles. The molecule has 7 N–H and O–H groups in total. The van der Waals surface area contributed by atoms with E-state index in [-0.39, 0.29) is 78.4 Å². The van der Waals surface area contributed by atoms with Crippen LogP contribution in [0.5, 0.6) is 17.6 Å². The van der Waals surface area contributed by atoms with Crippen LogP contribution in [0.4, 0.5) is 44.7 Å². The number of carbonyl (C=O) groups is 2. The zero-order chi connectivity index (χ0) is 78.2. The molecule has 577 valence electrons. The first-order chi connectivity index (χ1) is 52.8. The molecule has 15 rings (SSSR count). The minimum Gasteiger partial charge on any atom is -0.512 e. The number of methoxy groups -OCH3 is 3. The average Bonchev–Trinajstić information content (AvgIpc) is 1.62. The SMILES string of the molecule is COc1cc(N)c(N)cn1.COc1cc(N)c(NC2CCCCC2)cn1.COc1cc2nc(-c3ccccc3F)n(C3CCCCC3)c2cn1.Fc1ccc(CBr)cc1.O=C(Cl)c1ccccc1F.O=C1CCCCC1.O=c1cc2nc(-c3ccccc3F)n(C3CCCCC3)c2cn1Cc1ccc(F)cc1.[B].[C-]#N.[Na+]. The van der Waals surface area contributed by atoms with Gasteiger partial charge in [0.1, 0.15) is 46.5 Å². The van der Waals surface area contributed by atoms with Gasteiger partial charge in [0.05, 0.1) is 108 Å². The summed E-state index contributed by atoms with van der Waals surface area (Å²) < 4.78 is 88.0. The number of nitrogen functional groups attached to an aromatic ring is 3. The summed E-state index contributed by atoms with van der Waals surface area (Å²) in [4.78, 5) is 55.4. The summed E-state index contributed by atoms with van der Waals surface area (Å²) in [6, 6.07) is 39.4. The Labute approximate surface area is 681 Å². The molecule has 19 nitrogen and oxygen atoms in total. The van der Waals surface area contributed by atoms with Crippen molar-refractivity contribution in [2.24, 2.45) is 0 Å². The molecule has 0 atom stereocenters. The number of benzene rings is 5. The first-order valence-electron chi connectivity index (χ1n) is 36.2. The Kier molecular flexibility index (Phi) is 38.1. The van der Waals surface area contributed by atoms with Gasteiger partial charge in [-0.3, -0.25) is 14.4 Å². The van der Waals surface area contributed by atoms with Gasteiger partial charge in [-0.15, -0.1) is 0 Å². The predicted octanol–water partition coefficient (Wildman–Crippen LogP) is 16.3. The van der Waals surface area contributed by atoms with Gasteiger partial charge in [0.2, 0.25) is 17.6 Å². The van der Waals surface area contributed by atoms with Gasteiger partial charge in [-0.2, -0.15) is 0 Å². The minimum atomic E-state index is -0.766. The Morgan fingerprint density at radius 1 is 0.541 bits per heavy atom. The maximum atomic E-state index is 14.7. The molecule has 4 fully saturated rings. The number of halogens is 7. The second-order valence-electron chi connectivity index (χ2n) is 26.3. The van der Waals surface area contributed by atoms with Crippen molar-refractivity contribution in [3.05, 3.63) is 233 Å². The van der Waals surface area contributed by atoms with Crippen LogP contribution in [0, 0.1) is 40.9 Å². The van der Waals surface area contributed by atoms with Crippen molar-refractivity contribution in [1.82, 2.24) is 38.6 Å². The van der Waals surface area contributed by atoms with Crippen LogP contribution in [-0.4, -0.2) is 85.4 Å². The molecule has 6 aromatic heterocycles. The number of nitrogens with two attached hydrogens (primary N) is 3. The normalized spacial score (nSPS) is 13.9. The van der Waals surface area contributed by atoms with Crippen LogP contribution in [0.1, 0.15) is 162 Å². The van der Waals surface area contributed by atoms with Gasteiger partial charge < -0.3 is 62.3 Å². The summed E-state index contributed by atoms with van der Waals surface area (Å²) in [7, 11) is 4.71. The molecule has 3 radical (unpaired) electrons. The van der Waals surface area contributed by atoms with Gasteiger partial charge in [0, 0.05) is 75.2 Å². The minimum absolute atomic E-state index is 0. The van der Waals surface area contributed by atoms with Crippen molar-refractivity contribution in [3.8, 4) is 40.4 Å². The van der Waals surface area contributed by atoms with Crippen molar-refractivity contribution in [2.75, 3.05) is 43.8 Å². The van der Waals surface area contributed by atoms with Crippen LogP contribution in [0.15, 0.2) is 175 Å². The number of nitrogens with one attached hydrogen (secondary N) is 1. The Morgan fingerprint density at radius 3 is 1.42 bits per heavy atom. The fraction of sp³-hybridized carbons (Fsp3) is 0.337. The van der Waals surface area contributed by atoms with E-state index in [9.17, 15) is 36.3 Å². The first kappa shape index (κ1) is 90.2. The summed E-state index contributed by atoms with van der Waals surface area (Å²) in [5, 5.41) is 9.73. The summed E-state index contributed by atoms with van der Waals surface area (Å²) in [6.45, 7) is 5.08. The monoisotopic (exact) mass is 1610 g/mol. The number of rotatable bonds is 13. The molecular formula is C83H91BBrClF5N13NaO6. The fourth-order valence-electron chi connectivity index (χ4n) is 13.1. The number of imidazole rings is 2. The van der Waals surface area contributed by atoms with E-state index in [1.165, 1.54) is 138 Å². The van der Waals surface area contributed by atoms with Crippen LogP contribution in [0.2, 0.25) is 0 Å². The third-order valence-corrected chi connectivity index (χ3v) is 19.6. The fourth-order valence-corrected chi connectivity index (χ4v) is 13.6. The molecule has 28 heteroatoms. The molecule has 0 aliphatic heterocycles. The summed E-state index contributed by atoms with van der Waals surface area (Å²) in [5.74, 6) is 1.64. The molecule has 111 heavy (non-hydrogen) atoms. The molecule has 0 amide bonds. The number of hydrogen-bond acceptors (Lipinski definition) is 16. The van der Waals surface area contributed by atoms with E-state index in [1.807, 2.05) is 18.3 Å². The van der Waals surface area contributed by atoms with E-state index < -0.39 is 11.1 Å². The van der Waals surface area contributed by atoms with Gasteiger partial charge in [-0.05, 0) is 135 Å². The number of pyridine rings is 4. The van der Waals surface area contributed by atoms with Crippen molar-refractivity contribution >= 4 is 91.8 Å². The number of Topliss-reactive ketones (excluding diaryl/α,β-unsaturated/α-hetero) is 1. The predicted molar refractivity (Wildman–Crippen MR) is 428 cm³/mol. The second-order valence-corrected chi connectivity index (χ2v) is 27.2. The van der Waals surface area contributed by atoms with Crippen molar-refractivity contribution < 1.29 is 75.3 Å². The molecule has 4 aliphatic carbocycles. The van der Waals surface area contributed by atoms with Crippen LogP contribution < -0.4 is 71.8 Å². The molecule has 0 unspecified atom stereocenters. The van der Waals surface area contributed by atoms with Crippen molar-refractivity contribution in [3.63, 3.8) is 0 Å². The molecule has 6 heterocycles. The molecule has 11 aromatic rings. The van der Waals surface area contributed by atoms with Gasteiger partial charge in [0.15, 0.2) is 0 Å². The van der Waals surface area contributed by atoms with Crippen molar-refractivity contribution in [1.29, 1.82) is 5.26 Å². The number of aromatic nitrogens is 8. The zero-order valence-electron chi connectivity index (χ0n) is 62.9. The maximum Gasteiger partial charge on any atom is 1.00 e. The number of carbonyl (C=O) groups excluding carboxylic acids is 2. The smallest absolute Gasteiger partial charge is 0.512 e. The molecule has 4 saturated carbocycles. The largest absolute Gasteiger partial charge is 1.00 e. The third-order valence-electron chi connectivity index (χ3n) is 18.7. The van der Waals surface area contributed by atoms with Gasteiger partial charge in [0.25, 0.3) is 10.8 Å². The van der Waals surface area contributed by atoms with E-state index in [1.54, 1.807) is 104 Å². The topological polar surface area (TPSA) is 272 Å². The van der Waals surface area contributed by atoms with Crippen LogP contribution in [-0.2, 0) is 16.7 Å². The number of ether oxygens (including phenoxy) is 3. The summed E-state index contributed by atoms with van der Waals surface area (Å²) in [5.41, 5.74) is 25.2. The molecule has 4 aliphatic rings. The van der Waals surface area contributed by atoms with Gasteiger partial charge in [-0.25, -0.2) is 46.9 Å². The molecule has 0 spiro atoms. The molecular weight excluding hydrogens is 1520 g/mol. The number of ketones is 1. The molecule has 0 bridgehead atoms. The Bertz CT molecular complexity index is 4810. The maximum absolute atomic E-state index is 14.7. The van der Waals surface area contributed by atoms with Crippen LogP contribution in [0.3, 0.4) is 0 Å². The number of hydrogen-bond donors (Lipinski definition) is 4. The van der Waals surface area contributed by atoms with Crippen LogP contribution in [0.25, 0.3) is 44.8 Å². The van der Waals surface area contributed by atoms with E-state index in [0.29, 0.717) is 87.4 Å².